The van der Waals surface area contributed by atoms with Gasteiger partial charge in [0.25, 0.3) is 0 Å². The molecule has 0 aliphatic heterocycles. The molecular weight excluding hydrogens is 341 g/mol. The van der Waals surface area contributed by atoms with Crippen LogP contribution in [0.2, 0.25) is 0 Å². The van der Waals surface area contributed by atoms with Crippen LogP contribution in [-0.2, 0) is 6.42 Å². The Morgan fingerprint density at radius 3 is 2.59 bits per heavy atom. The summed E-state index contributed by atoms with van der Waals surface area (Å²) in [5.74, 6) is -0.0161. The van der Waals surface area contributed by atoms with Crippen molar-refractivity contribution in [3.8, 4) is 0 Å². The summed E-state index contributed by atoms with van der Waals surface area (Å²) in [6.45, 7) is 0.311. The topological polar surface area (TPSA) is 3.24 Å². The molecule has 2 aromatic rings. The lowest BCUT2D eigenvalue weighted by molar-refractivity contribution is 0.605. The summed E-state index contributed by atoms with van der Waals surface area (Å²) in [5, 5.41) is 0. The Kier molecular flexibility index (Phi) is 4.63. The number of fused-ring (bicyclic) bond motifs is 1. The summed E-state index contributed by atoms with van der Waals surface area (Å²) in [7, 11) is 1.93. The minimum atomic E-state index is -0.0161. The standard InChI is InChI=1S/C19H19BrFN/c1-22(16-11-9-15(20)10-12-16)13-19(21)18-8-4-6-14-5-2-3-7-17(14)18/h2-3,5,7,9-12H,4,6,8,13H2,1H3/b19-18+. The van der Waals surface area contributed by atoms with Gasteiger partial charge in [0.15, 0.2) is 0 Å². The Labute approximate surface area is 139 Å². The lowest BCUT2D eigenvalue weighted by Crippen LogP contribution is -2.20. The number of allylic oxidation sites excluding steroid dienone is 1. The van der Waals surface area contributed by atoms with Crippen molar-refractivity contribution >= 4 is 27.2 Å². The molecule has 1 aliphatic carbocycles. The molecule has 0 heterocycles. The molecule has 0 fully saturated rings. The second-order valence-corrected chi connectivity index (χ2v) is 6.64. The van der Waals surface area contributed by atoms with E-state index in [2.05, 4.69) is 22.0 Å². The van der Waals surface area contributed by atoms with Crippen LogP contribution in [-0.4, -0.2) is 13.6 Å². The quantitative estimate of drug-likeness (QED) is 0.688. The summed E-state index contributed by atoms with van der Waals surface area (Å²) < 4.78 is 15.8. The first kappa shape index (κ1) is 15.3. The number of nitrogens with zero attached hydrogens (tertiary/aromatic N) is 1. The van der Waals surface area contributed by atoms with Gasteiger partial charge in [0.2, 0.25) is 0 Å². The Morgan fingerprint density at radius 2 is 1.82 bits per heavy atom. The van der Waals surface area contributed by atoms with Crippen LogP contribution in [0.4, 0.5) is 10.1 Å². The zero-order valence-corrected chi connectivity index (χ0v) is 14.2. The number of benzene rings is 2. The van der Waals surface area contributed by atoms with E-state index in [-0.39, 0.29) is 5.83 Å². The Morgan fingerprint density at radius 1 is 1.09 bits per heavy atom. The summed E-state index contributed by atoms with van der Waals surface area (Å²) in [6.07, 6.45) is 2.91. The highest BCUT2D eigenvalue weighted by molar-refractivity contribution is 9.10. The van der Waals surface area contributed by atoms with Crippen molar-refractivity contribution in [2.45, 2.75) is 19.3 Å². The van der Waals surface area contributed by atoms with Crippen LogP contribution in [0.15, 0.2) is 58.8 Å². The number of anilines is 1. The normalized spacial score (nSPS) is 16.1. The van der Waals surface area contributed by atoms with Gasteiger partial charge in [-0.05, 0) is 60.2 Å². The molecule has 1 aliphatic rings. The van der Waals surface area contributed by atoms with Gasteiger partial charge in [-0.25, -0.2) is 4.39 Å². The molecule has 0 aromatic heterocycles. The largest absolute Gasteiger partial charge is 0.368 e. The molecule has 0 radical (unpaired) electrons. The highest BCUT2D eigenvalue weighted by Crippen LogP contribution is 2.34. The summed E-state index contributed by atoms with van der Waals surface area (Å²) in [6, 6.07) is 16.1. The van der Waals surface area contributed by atoms with E-state index in [1.165, 1.54) is 5.56 Å². The van der Waals surface area contributed by atoms with Gasteiger partial charge in [-0.15, -0.1) is 0 Å². The zero-order valence-electron chi connectivity index (χ0n) is 12.7. The first-order valence-electron chi connectivity index (χ1n) is 7.57. The monoisotopic (exact) mass is 359 g/mol. The molecule has 22 heavy (non-hydrogen) atoms. The maximum Gasteiger partial charge on any atom is 0.123 e. The van der Waals surface area contributed by atoms with Gasteiger partial charge in [-0.1, -0.05) is 40.2 Å². The van der Waals surface area contributed by atoms with Crippen molar-refractivity contribution in [1.82, 2.24) is 0 Å². The summed E-state index contributed by atoms with van der Waals surface area (Å²) in [5.41, 5.74) is 4.26. The van der Waals surface area contributed by atoms with Crippen molar-refractivity contribution in [2.75, 3.05) is 18.5 Å². The van der Waals surface area contributed by atoms with Crippen LogP contribution >= 0.6 is 15.9 Å². The molecule has 0 atom stereocenters. The van der Waals surface area contributed by atoms with E-state index in [1.54, 1.807) is 0 Å². The minimum absolute atomic E-state index is 0.0161. The van der Waals surface area contributed by atoms with E-state index in [9.17, 15) is 4.39 Å². The first-order valence-corrected chi connectivity index (χ1v) is 8.37. The molecule has 0 bridgehead atoms. The van der Waals surface area contributed by atoms with E-state index in [0.29, 0.717) is 6.54 Å². The van der Waals surface area contributed by atoms with Crippen LogP contribution in [0, 0.1) is 0 Å². The van der Waals surface area contributed by atoms with Gasteiger partial charge in [0.05, 0.1) is 6.54 Å². The SMILES string of the molecule is CN(C/C(F)=C1/CCCc2ccccc21)c1ccc(Br)cc1. The molecule has 0 saturated heterocycles. The number of aryl methyl sites for hydroxylation is 1. The van der Waals surface area contributed by atoms with Crippen LogP contribution in [0.25, 0.3) is 5.57 Å². The van der Waals surface area contributed by atoms with Crippen LogP contribution in [0.1, 0.15) is 24.0 Å². The van der Waals surface area contributed by atoms with Crippen LogP contribution in [0.3, 0.4) is 0 Å². The van der Waals surface area contributed by atoms with Crippen molar-refractivity contribution in [1.29, 1.82) is 0 Å². The lowest BCUT2D eigenvalue weighted by Gasteiger charge is -2.23. The molecule has 3 rings (SSSR count). The second-order valence-electron chi connectivity index (χ2n) is 5.73. The van der Waals surface area contributed by atoms with Gasteiger partial charge in [0.1, 0.15) is 5.83 Å². The van der Waals surface area contributed by atoms with Crippen molar-refractivity contribution in [2.24, 2.45) is 0 Å². The first-order chi connectivity index (χ1) is 10.6. The van der Waals surface area contributed by atoms with Crippen LogP contribution < -0.4 is 4.90 Å². The number of halogens is 2. The average Bonchev–Trinajstić information content (AvgIpc) is 2.54. The molecule has 0 spiro atoms. The van der Waals surface area contributed by atoms with Crippen molar-refractivity contribution in [3.05, 3.63) is 70.0 Å². The summed E-state index contributed by atoms with van der Waals surface area (Å²) in [4.78, 5) is 1.95. The highest BCUT2D eigenvalue weighted by atomic mass is 79.9. The van der Waals surface area contributed by atoms with E-state index >= 15 is 0 Å². The summed E-state index contributed by atoms with van der Waals surface area (Å²) >= 11 is 3.42. The van der Waals surface area contributed by atoms with Crippen molar-refractivity contribution in [3.63, 3.8) is 0 Å². The molecule has 0 unspecified atom stereocenters. The number of rotatable bonds is 3. The lowest BCUT2D eigenvalue weighted by atomic mass is 9.87. The maximum absolute atomic E-state index is 14.8. The van der Waals surface area contributed by atoms with E-state index in [4.69, 9.17) is 0 Å². The minimum Gasteiger partial charge on any atom is -0.368 e. The maximum atomic E-state index is 14.8. The fraction of sp³-hybridized carbons (Fsp3) is 0.263. The molecular formula is C19H19BrFN. The Bertz CT molecular complexity index is 691. The van der Waals surface area contributed by atoms with E-state index in [1.807, 2.05) is 54.4 Å². The fourth-order valence-corrected chi connectivity index (χ4v) is 3.26. The van der Waals surface area contributed by atoms with Gasteiger partial charge in [0, 0.05) is 17.2 Å². The Hall–Kier alpha value is -1.61. The Balaban J connectivity index is 1.84. The predicted molar refractivity (Wildman–Crippen MR) is 94.8 cm³/mol. The van der Waals surface area contributed by atoms with Crippen LogP contribution in [0.5, 0.6) is 0 Å². The highest BCUT2D eigenvalue weighted by Gasteiger charge is 2.18. The molecule has 0 N–H and O–H groups in total. The molecule has 3 heteroatoms. The predicted octanol–water partition coefficient (Wildman–Crippen LogP) is 5.60. The van der Waals surface area contributed by atoms with E-state index < -0.39 is 0 Å². The average molecular weight is 360 g/mol. The number of likely N-dealkylation sites (N-methyl/N-ethyl adjacent to an activating group) is 1. The third kappa shape index (κ3) is 3.25. The van der Waals surface area contributed by atoms with Gasteiger partial charge in [-0.2, -0.15) is 0 Å². The van der Waals surface area contributed by atoms with Gasteiger partial charge >= 0.3 is 0 Å². The fourth-order valence-electron chi connectivity index (χ4n) is 3.00. The number of hydrogen-bond acceptors (Lipinski definition) is 1. The third-order valence-corrected chi connectivity index (χ3v) is 4.71. The van der Waals surface area contributed by atoms with Crippen molar-refractivity contribution < 1.29 is 4.39 Å². The third-order valence-electron chi connectivity index (χ3n) is 4.19. The van der Waals surface area contributed by atoms with E-state index in [0.717, 1.165) is 40.6 Å². The van der Waals surface area contributed by atoms with Gasteiger partial charge in [-0.3, -0.25) is 0 Å². The zero-order chi connectivity index (χ0) is 15.5. The molecule has 0 saturated carbocycles. The van der Waals surface area contributed by atoms with Gasteiger partial charge < -0.3 is 4.90 Å². The molecule has 0 amide bonds. The molecule has 1 nitrogen and oxygen atoms in total. The number of hydrogen-bond donors (Lipinski definition) is 0. The second kappa shape index (κ2) is 6.66. The smallest absolute Gasteiger partial charge is 0.123 e. The molecule has 2 aromatic carbocycles. The molecule has 114 valence electrons.